The summed E-state index contributed by atoms with van der Waals surface area (Å²) in [6.07, 6.45) is 3.84. The Morgan fingerprint density at radius 3 is 2.62 bits per heavy atom. The van der Waals surface area contributed by atoms with E-state index in [1.807, 2.05) is 15.6 Å². The highest BCUT2D eigenvalue weighted by Crippen LogP contribution is 2.36. The molecular formula is C24H30N4O. The van der Waals surface area contributed by atoms with Gasteiger partial charge >= 0.3 is 0 Å². The largest absolute Gasteiger partial charge is 0.332 e. The Morgan fingerprint density at radius 1 is 1.17 bits per heavy atom. The molecular weight excluding hydrogens is 360 g/mol. The molecule has 1 fully saturated rings. The second-order valence-electron chi connectivity index (χ2n) is 8.68. The van der Waals surface area contributed by atoms with E-state index in [9.17, 15) is 4.79 Å². The molecule has 0 N–H and O–H groups in total. The molecule has 1 unspecified atom stereocenters. The second-order valence-corrected chi connectivity index (χ2v) is 8.68. The van der Waals surface area contributed by atoms with Crippen LogP contribution in [0.25, 0.3) is 11.0 Å². The lowest BCUT2D eigenvalue weighted by atomic mass is 9.98. The number of hydrogen-bond donors (Lipinski definition) is 0. The van der Waals surface area contributed by atoms with Gasteiger partial charge in [-0.25, -0.2) is 9.67 Å². The molecule has 3 aromatic rings. The van der Waals surface area contributed by atoms with E-state index in [2.05, 4.69) is 64.0 Å². The van der Waals surface area contributed by atoms with E-state index in [1.165, 1.54) is 11.1 Å². The van der Waals surface area contributed by atoms with Gasteiger partial charge in [-0.2, -0.15) is 5.10 Å². The maximum absolute atomic E-state index is 13.8. The standard InChI is InChI=1S/C24H30N4O/c1-15(2)21-13-19(20-14-25-28(16(3)4)23(20)26-21)24(29)27-12-8-11-22(27)18-10-7-6-9-17(18)5/h6-7,9-10,13-16,22H,8,11-12H2,1-5H3. The molecule has 3 heterocycles. The van der Waals surface area contributed by atoms with E-state index in [1.54, 1.807) is 6.20 Å². The summed E-state index contributed by atoms with van der Waals surface area (Å²) in [5, 5.41) is 5.39. The minimum atomic E-state index is 0.0911. The number of amides is 1. The molecule has 0 aliphatic carbocycles. The first-order valence-electron chi connectivity index (χ1n) is 10.6. The van der Waals surface area contributed by atoms with Gasteiger partial charge in [0.15, 0.2) is 5.65 Å². The minimum Gasteiger partial charge on any atom is -0.332 e. The van der Waals surface area contributed by atoms with Crippen LogP contribution in [-0.4, -0.2) is 32.1 Å². The minimum absolute atomic E-state index is 0.0911. The summed E-state index contributed by atoms with van der Waals surface area (Å²) in [4.78, 5) is 20.7. The van der Waals surface area contributed by atoms with Gasteiger partial charge < -0.3 is 4.90 Å². The van der Waals surface area contributed by atoms with E-state index in [0.717, 1.165) is 41.7 Å². The molecule has 1 aromatic carbocycles. The van der Waals surface area contributed by atoms with Gasteiger partial charge in [-0.3, -0.25) is 4.79 Å². The van der Waals surface area contributed by atoms with Crippen molar-refractivity contribution in [3.8, 4) is 0 Å². The van der Waals surface area contributed by atoms with Gasteiger partial charge in [0.1, 0.15) is 0 Å². The number of pyridine rings is 1. The van der Waals surface area contributed by atoms with Gasteiger partial charge in [0.25, 0.3) is 5.91 Å². The third kappa shape index (κ3) is 3.43. The van der Waals surface area contributed by atoms with Crippen LogP contribution in [0.15, 0.2) is 36.5 Å². The van der Waals surface area contributed by atoms with E-state index >= 15 is 0 Å². The van der Waals surface area contributed by atoms with Crippen LogP contribution in [0, 0.1) is 6.92 Å². The molecule has 152 valence electrons. The number of aromatic nitrogens is 3. The van der Waals surface area contributed by atoms with Gasteiger partial charge in [-0.05, 0) is 56.7 Å². The van der Waals surface area contributed by atoms with Crippen LogP contribution in [-0.2, 0) is 0 Å². The number of carbonyl (C=O) groups is 1. The number of carbonyl (C=O) groups excluding carboxylic acids is 1. The molecule has 29 heavy (non-hydrogen) atoms. The average Bonchev–Trinajstić information content (AvgIpc) is 3.34. The van der Waals surface area contributed by atoms with Crippen molar-refractivity contribution in [1.82, 2.24) is 19.7 Å². The fourth-order valence-electron chi connectivity index (χ4n) is 4.34. The second kappa shape index (κ2) is 7.62. The lowest BCUT2D eigenvalue weighted by molar-refractivity contribution is 0.0737. The molecule has 5 nitrogen and oxygen atoms in total. The van der Waals surface area contributed by atoms with Crippen LogP contribution in [0.1, 0.15) is 85.7 Å². The summed E-state index contributed by atoms with van der Waals surface area (Å²) >= 11 is 0. The van der Waals surface area contributed by atoms with Crippen LogP contribution < -0.4 is 0 Å². The van der Waals surface area contributed by atoms with Crippen LogP contribution in [0.2, 0.25) is 0 Å². The SMILES string of the molecule is Cc1ccccc1C1CCCN1C(=O)c1cc(C(C)C)nc2c1cnn2C(C)C. The Kier molecular flexibility index (Phi) is 5.15. The lowest BCUT2D eigenvalue weighted by Crippen LogP contribution is -2.31. The highest BCUT2D eigenvalue weighted by molar-refractivity contribution is 6.05. The first-order valence-corrected chi connectivity index (χ1v) is 10.6. The predicted molar refractivity (Wildman–Crippen MR) is 116 cm³/mol. The number of likely N-dealkylation sites (tertiary alicyclic amines) is 1. The van der Waals surface area contributed by atoms with Crippen LogP contribution >= 0.6 is 0 Å². The zero-order valence-electron chi connectivity index (χ0n) is 18.0. The summed E-state index contributed by atoms with van der Waals surface area (Å²) in [6.45, 7) is 11.3. The van der Waals surface area contributed by atoms with Crippen LogP contribution in [0.5, 0.6) is 0 Å². The van der Waals surface area contributed by atoms with Crippen LogP contribution in [0.4, 0.5) is 0 Å². The number of hydrogen-bond acceptors (Lipinski definition) is 3. The first-order chi connectivity index (χ1) is 13.9. The van der Waals surface area contributed by atoms with Gasteiger partial charge in [0, 0.05) is 18.3 Å². The maximum atomic E-state index is 13.8. The molecule has 0 saturated carbocycles. The van der Waals surface area contributed by atoms with E-state index in [-0.39, 0.29) is 23.9 Å². The topological polar surface area (TPSA) is 51.0 Å². The molecule has 1 saturated heterocycles. The van der Waals surface area contributed by atoms with E-state index in [0.29, 0.717) is 0 Å². The van der Waals surface area contributed by atoms with Crippen molar-refractivity contribution < 1.29 is 4.79 Å². The van der Waals surface area contributed by atoms with Crippen molar-refractivity contribution in [3.63, 3.8) is 0 Å². The Bertz CT molecular complexity index is 1050. The molecule has 0 radical (unpaired) electrons. The zero-order valence-corrected chi connectivity index (χ0v) is 18.0. The summed E-state index contributed by atoms with van der Waals surface area (Å²) in [7, 11) is 0. The number of rotatable bonds is 4. The van der Waals surface area contributed by atoms with Crippen molar-refractivity contribution in [3.05, 3.63) is 58.9 Å². The number of aryl methyl sites for hydroxylation is 1. The Morgan fingerprint density at radius 2 is 1.93 bits per heavy atom. The van der Waals surface area contributed by atoms with Crippen molar-refractivity contribution >= 4 is 16.9 Å². The lowest BCUT2D eigenvalue weighted by Gasteiger charge is -2.27. The molecule has 5 heteroatoms. The first kappa shape index (κ1) is 19.6. The van der Waals surface area contributed by atoms with Crippen LogP contribution in [0.3, 0.4) is 0 Å². The third-order valence-corrected chi connectivity index (χ3v) is 5.96. The normalized spacial score (nSPS) is 17.1. The quantitative estimate of drug-likeness (QED) is 0.597. The molecule has 1 aliphatic rings. The number of nitrogens with zero attached hydrogens (tertiary/aromatic N) is 4. The van der Waals surface area contributed by atoms with E-state index in [4.69, 9.17) is 4.98 Å². The zero-order chi connectivity index (χ0) is 20.7. The van der Waals surface area contributed by atoms with Gasteiger partial charge in [0.2, 0.25) is 0 Å². The summed E-state index contributed by atoms with van der Waals surface area (Å²) < 4.78 is 1.92. The average molecular weight is 391 g/mol. The summed E-state index contributed by atoms with van der Waals surface area (Å²) in [5.41, 5.74) is 4.97. The third-order valence-electron chi connectivity index (χ3n) is 5.96. The Balaban J connectivity index is 1.81. The number of fused-ring (bicyclic) bond motifs is 1. The highest BCUT2D eigenvalue weighted by Gasteiger charge is 2.33. The molecule has 0 spiro atoms. The van der Waals surface area contributed by atoms with Gasteiger partial charge in [-0.15, -0.1) is 0 Å². The number of benzene rings is 1. The van der Waals surface area contributed by atoms with E-state index < -0.39 is 0 Å². The van der Waals surface area contributed by atoms with Gasteiger partial charge in [-0.1, -0.05) is 38.1 Å². The van der Waals surface area contributed by atoms with Crippen molar-refractivity contribution in [2.45, 2.75) is 65.5 Å². The highest BCUT2D eigenvalue weighted by atomic mass is 16.2. The van der Waals surface area contributed by atoms with Crippen molar-refractivity contribution in [2.24, 2.45) is 0 Å². The predicted octanol–water partition coefficient (Wildman–Crippen LogP) is 5.42. The monoisotopic (exact) mass is 390 g/mol. The summed E-state index contributed by atoms with van der Waals surface area (Å²) in [6, 6.07) is 10.7. The fourth-order valence-corrected chi connectivity index (χ4v) is 4.34. The molecule has 0 bridgehead atoms. The smallest absolute Gasteiger partial charge is 0.255 e. The Labute approximate surface area is 172 Å². The summed E-state index contributed by atoms with van der Waals surface area (Å²) in [5.74, 6) is 0.334. The Hall–Kier alpha value is -2.69. The fraction of sp³-hybridized carbons (Fsp3) is 0.458. The van der Waals surface area contributed by atoms with Crippen molar-refractivity contribution in [1.29, 1.82) is 0 Å². The molecule has 4 rings (SSSR count). The molecule has 1 amide bonds. The molecule has 2 aromatic heterocycles. The van der Waals surface area contributed by atoms with Gasteiger partial charge in [0.05, 0.1) is 23.2 Å². The van der Waals surface area contributed by atoms with Crippen molar-refractivity contribution in [2.75, 3.05) is 6.54 Å². The maximum Gasteiger partial charge on any atom is 0.255 e. The molecule has 1 atom stereocenters. The molecule has 1 aliphatic heterocycles.